The molecule has 2 nitrogen and oxygen atoms in total. The van der Waals surface area contributed by atoms with Crippen LogP contribution in [-0.4, -0.2) is 10.3 Å². The van der Waals surface area contributed by atoms with E-state index in [0.717, 1.165) is 31.4 Å². The summed E-state index contributed by atoms with van der Waals surface area (Å²) in [7, 11) is 0. The van der Waals surface area contributed by atoms with E-state index in [1.165, 1.54) is 116 Å². The number of rotatable bonds is 10. The van der Waals surface area contributed by atoms with Crippen molar-refractivity contribution >= 4 is 43.9 Å². The highest BCUT2D eigenvalue weighted by Gasteiger charge is 2.51. The summed E-state index contributed by atoms with van der Waals surface area (Å²) in [6, 6.07) is 76.9. The van der Waals surface area contributed by atoms with Gasteiger partial charge in [0.1, 0.15) is 0 Å². The number of hydrogen-bond acceptors (Lipinski definition) is 1. The zero-order chi connectivity index (χ0) is 43.8. The third-order valence-corrected chi connectivity index (χ3v) is 14.8. The van der Waals surface area contributed by atoms with E-state index in [0.29, 0.717) is 6.54 Å². The van der Waals surface area contributed by atoms with Gasteiger partial charge in [0.05, 0.1) is 28.7 Å². The van der Waals surface area contributed by atoms with Crippen LogP contribution >= 0.6 is 0 Å². The third kappa shape index (κ3) is 5.84. The summed E-state index contributed by atoms with van der Waals surface area (Å²) in [5.41, 5.74) is 23.0. The maximum Gasteiger partial charge on any atom is 0.0754 e. The number of aromatic nitrogens is 1. The van der Waals surface area contributed by atoms with Crippen molar-refractivity contribution in [1.29, 1.82) is 0 Å². The van der Waals surface area contributed by atoms with Gasteiger partial charge in [-0.2, -0.15) is 0 Å². The van der Waals surface area contributed by atoms with Gasteiger partial charge >= 0.3 is 0 Å². The summed E-state index contributed by atoms with van der Waals surface area (Å²) < 4.78 is 2.53. The van der Waals surface area contributed by atoms with Crippen LogP contribution in [0.15, 0.2) is 228 Å². The minimum absolute atomic E-state index is 0.526. The summed E-state index contributed by atoms with van der Waals surface area (Å²) in [5.74, 6) is 0. The van der Waals surface area contributed by atoms with Crippen LogP contribution in [0.4, 0.5) is 0 Å². The van der Waals surface area contributed by atoms with E-state index in [1.54, 1.807) is 0 Å². The van der Waals surface area contributed by atoms with Crippen LogP contribution in [0.1, 0.15) is 71.6 Å². The topological polar surface area (TPSA) is 17.3 Å². The lowest BCUT2D eigenvalue weighted by atomic mass is 9.65. The molecule has 10 aromatic rings. The van der Waals surface area contributed by atoms with E-state index >= 15 is 0 Å². The summed E-state index contributed by atoms with van der Waals surface area (Å²) in [6.45, 7) is 2.88. The Kier molecular flexibility index (Phi) is 9.03. The van der Waals surface area contributed by atoms with Gasteiger partial charge in [-0.1, -0.05) is 218 Å². The molecule has 0 radical (unpaired) electrons. The van der Waals surface area contributed by atoms with Gasteiger partial charge in [-0.15, -0.1) is 0 Å². The van der Waals surface area contributed by atoms with E-state index in [1.807, 2.05) is 0 Å². The smallest absolute Gasteiger partial charge is 0.0754 e. The van der Waals surface area contributed by atoms with E-state index in [-0.39, 0.29) is 0 Å². The predicted octanol–water partition coefficient (Wildman–Crippen LogP) is 16.2. The lowest BCUT2D eigenvalue weighted by molar-refractivity contribution is 0.748. The molecule has 0 bridgehead atoms. The average molecular weight is 845 g/mol. The van der Waals surface area contributed by atoms with Crippen LogP contribution in [0, 0.1) is 0 Å². The number of hydrogen-bond donors (Lipinski definition) is 0. The fraction of sp³-hybridized carbons (Fsp3) is 0.109. The molecule has 0 N–H and O–H groups in total. The van der Waals surface area contributed by atoms with Crippen molar-refractivity contribution < 1.29 is 0 Å². The SMILES string of the molecule is CC/C(C/C(=N\Cc1ccc2ccccc2c1-c1cccc2c1-c1ccccc1C21c2ccccc2-n2c3ccccc3c3cccc1c32)c1ccccc1)=C(/CC1=CC1)c1ccccc1. The molecule has 0 fully saturated rings. The normalized spacial score (nSPS) is 16.0. The van der Waals surface area contributed by atoms with Crippen molar-refractivity contribution in [1.82, 2.24) is 4.57 Å². The zero-order valence-electron chi connectivity index (χ0n) is 37.1. The maximum absolute atomic E-state index is 5.70. The number of nitrogens with zero attached hydrogens (tertiary/aromatic N) is 2. The van der Waals surface area contributed by atoms with E-state index in [9.17, 15) is 0 Å². The van der Waals surface area contributed by atoms with Gasteiger partial charge in [-0.05, 0) is 109 Å². The van der Waals surface area contributed by atoms with Crippen LogP contribution in [0.25, 0.3) is 66.1 Å². The van der Waals surface area contributed by atoms with E-state index in [2.05, 4.69) is 224 Å². The standard InChI is InChI=1S/C64H48N2/c1-2-43(53(39-42-35-36-42)44-19-5-3-6-20-44)40-58(46-22-7-4-8-23-46)65-41-47-38-37-45-21-9-10-24-48(45)61(47)52-28-18-31-56-62(52)51-26-11-13-29-54(51)64(56)55-30-14-16-34-60(55)66-59-33-15-12-25-49(59)50-27-17-32-57(64)63(50)66/h3-35,37-38H,2,36,39-41H2,1H3/b53-43+,65-58+. The lowest BCUT2D eigenvalue weighted by Gasteiger charge is -2.39. The molecule has 314 valence electrons. The molecule has 2 heterocycles. The molecule has 1 spiro atoms. The molecule has 1 unspecified atom stereocenters. The van der Waals surface area contributed by atoms with Crippen LogP contribution < -0.4 is 0 Å². The Labute approximate surface area is 386 Å². The average Bonchev–Trinajstić information content (AvgIpc) is 4.08. The second kappa shape index (κ2) is 15.4. The minimum atomic E-state index is -0.526. The molecule has 0 amide bonds. The second-order valence-electron chi connectivity index (χ2n) is 18.3. The Bertz CT molecular complexity index is 3680. The van der Waals surface area contributed by atoms with Crippen LogP contribution in [0.2, 0.25) is 0 Å². The fourth-order valence-corrected chi connectivity index (χ4v) is 11.8. The minimum Gasteiger partial charge on any atom is -0.309 e. The van der Waals surface area contributed by atoms with Gasteiger partial charge in [0.15, 0.2) is 0 Å². The summed E-state index contributed by atoms with van der Waals surface area (Å²) in [5, 5.41) is 5.07. The molecule has 1 aromatic heterocycles. The number of allylic oxidation sites excluding steroid dienone is 4. The first-order valence-corrected chi connectivity index (χ1v) is 23.6. The van der Waals surface area contributed by atoms with E-state index < -0.39 is 5.41 Å². The molecule has 66 heavy (non-hydrogen) atoms. The Morgan fingerprint density at radius 2 is 1.17 bits per heavy atom. The van der Waals surface area contributed by atoms with Crippen molar-refractivity contribution in [3.05, 3.63) is 262 Å². The Morgan fingerprint density at radius 1 is 0.530 bits per heavy atom. The Balaban J connectivity index is 1.03. The number of benzene rings is 9. The first kappa shape index (κ1) is 38.6. The summed E-state index contributed by atoms with van der Waals surface area (Å²) in [4.78, 5) is 5.70. The first-order chi connectivity index (χ1) is 32.7. The molecule has 2 aliphatic carbocycles. The van der Waals surface area contributed by atoms with Crippen molar-refractivity contribution in [2.75, 3.05) is 0 Å². The molecular weight excluding hydrogens is 797 g/mol. The van der Waals surface area contributed by atoms with Crippen molar-refractivity contribution in [3.63, 3.8) is 0 Å². The fourth-order valence-electron chi connectivity index (χ4n) is 11.8. The number of para-hydroxylation sites is 3. The van der Waals surface area contributed by atoms with Gasteiger partial charge in [0.25, 0.3) is 0 Å². The van der Waals surface area contributed by atoms with Crippen LogP contribution in [-0.2, 0) is 12.0 Å². The first-order valence-electron chi connectivity index (χ1n) is 23.6. The summed E-state index contributed by atoms with van der Waals surface area (Å²) in [6.07, 6.45) is 6.28. The quantitative estimate of drug-likeness (QED) is 0.0964. The van der Waals surface area contributed by atoms with Crippen LogP contribution in [0.5, 0.6) is 0 Å². The number of fused-ring (bicyclic) bond motifs is 13. The molecular formula is C64H48N2. The lowest BCUT2D eigenvalue weighted by Crippen LogP contribution is -2.33. The van der Waals surface area contributed by atoms with Crippen molar-refractivity contribution in [3.8, 4) is 27.9 Å². The Hall–Kier alpha value is -7.81. The third-order valence-electron chi connectivity index (χ3n) is 14.8. The molecule has 3 aliphatic rings. The van der Waals surface area contributed by atoms with Gasteiger partial charge in [0, 0.05) is 22.9 Å². The largest absolute Gasteiger partial charge is 0.309 e. The van der Waals surface area contributed by atoms with Gasteiger partial charge in [0.2, 0.25) is 0 Å². The predicted molar refractivity (Wildman–Crippen MR) is 277 cm³/mol. The molecule has 13 rings (SSSR count). The van der Waals surface area contributed by atoms with Crippen molar-refractivity contribution in [2.45, 2.75) is 44.6 Å². The molecule has 0 saturated heterocycles. The highest BCUT2D eigenvalue weighted by atomic mass is 15.0. The molecule has 2 heteroatoms. The highest BCUT2D eigenvalue weighted by molar-refractivity contribution is 6.14. The van der Waals surface area contributed by atoms with E-state index in [4.69, 9.17) is 4.99 Å². The van der Waals surface area contributed by atoms with Crippen molar-refractivity contribution in [2.24, 2.45) is 4.99 Å². The monoisotopic (exact) mass is 844 g/mol. The van der Waals surface area contributed by atoms with Gasteiger partial charge in [-0.3, -0.25) is 4.99 Å². The molecule has 1 atom stereocenters. The molecule has 9 aromatic carbocycles. The molecule has 1 aliphatic heterocycles. The zero-order valence-corrected chi connectivity index (χ0v) is 37.1. The summed E-state index contributed by atoms with van der Waals surface area (Å²) >= 11 is 0. The Morgan fingerprint density at radius 3 is 1.98 bits per heavy atom. The van der Waals surface area contributed by atoms with Crippen LogP contribution in [0.3, 0.4) is 0 Å². The maximum atomic E-state index is 5.70. The second-order valence-corrected chi connectivity index (χ2v) is 18.3. The van der Waals surface area contributed by atoms with Gasteiger partial charge in [-0.25, -0.2) is 0 Å². The highest BCUT2D eigenvalue weighted by Crippen LogP contribution is 2.62. The number of aliphatic imine (C=N–C) groups is 1. The molecule has 0 saturated carbocycles. The van der Waals surface area contributed by atoms with Gasteiger partial charge < -0.3 is 4.57 Å².